The molecule has 180 valence electrons. The number of H-pyrrole nitrogens is 1. The fourth-order valence-corrected chi connectivity index (χ4v) is 4.42. The molecule has 0 aliphatic rings. The van der Waals surface area contributed by atoms with Crippen LogP contribution in [-0.4, -0.2) is 30.1 Å². The zero-order valence-electron chi connectivity index (χ0n) is 20.9. The Hall–Kier alpha value is -3.26. The van der Waals surface area contributed by atoms with E-state index in [-0.39, 0.29) is 17.1 Å². The van der Waals surface area contributed by atoms with E-state index in [1.165, 1.54) is 0 Å². The minimum absolute atomic E-state index is 0.0750. The molecule has 1 aromatic carbocycles. The largest absolute Gasteiger partial charge is 0.468 e. The van der Waals surface area contributed by atoms with E-state index < -0.39 is 0 Å². The van der Waals surface area contributed by atoms with Gasteiger partial charge in [0.1, 0.15) is 5.76 Å². The Labute approximate surface area is 200 Å². The normalized spacial score (nSPS) is 13.1. The molecule has 0 bridgehead atoms. The summed E-state index contributed by atoms with van der Waals surface area (Å²) >= 11 is 0. The van der Waals surface area contributed by atoms with Gasteiger partial charge in [0.25, 0.3) is 5.56 Å². The van der Waals surface area contributed by atoms with Gasteiger partial charge in [-0.1, -0.05) is 26.0 Å². The van der Waals surface area contributed by atoms with Crippen molar-refractivity contribution >= 4 is 10.9 Å². The van der Waals surface area contributed by atoms with Crippen molar-refractivity contribution in [1.82, 2.24) is 30.1 Å². The van der Waals surface area contributed by atoms with Crippen LogP contribution >= 0.6 is 0 Å². The molecule has 0 amide bonds. The lowest BCUT2D eigenvalue weighted by molar-refractivity contribution is 0.140. The molecule has 8 heteroatoms. The Kier molecular flexibility index (Phi) is 6.70. The number of furan rings is 1. The highest BCUT2D eigenvalue weighted by atomic mass is 16.3. The molecule has 8 nitrogen and oxygen atoms in total. The third-order valence-electron chi connectivity index (χ3n) is 6.89. The lowest BCUT2D eigenvalue weighted by Crippen LogP contribution is -2.36. The highest BCUT2D eigenvalue weighted by Crippen LogP contribution is 2.30. The summed E-state index contributed by atoms with van der Waals surface area (Å²) in [6.07, 6.45) is 3.35. The van der Waals surface area contributed by atoms with Crippen molar-refractivity contribution in [2.24, 2.45) is 0 Å². The first-order valence-corrected chi connectivity index (χ1v) is 11.9. The molecule has 0 saturated carbocycles. The van der Waals surface area contributed by atoms with Crippen LogP contribution in [0.15, 0.2) is 45.8 Å². The van der Waals surface area contributed by atoms with Crippen LogP contribution in [0.25, 0.3) is 10.9 Å². The monoisotopic (exact) mass is 462 g/mol. The van der Waals surface area contributed by atoms with E-state index in [4.69, 9.17) is 4.42 Å². The maximum Gasteiger partial charge on any atom is 0.252 e. The van der Waals surface area contributed by atoms with Crippen LogP contribution in [0.1, 0.15) is 74.9 Å². The van der Waals surface area contributed by atoms with Gasteiger partial charge in [0.2, 0.25) is 0 Å². The highest BCUT2D eigenvalue weighted by molar-refractivity contribution is 5.85. The first-order valence-electron chi connectivity index (χ1n) is 11.9. The fraction of sp³-hybridized carbons (Fsp3) is 0.462. The van der Waals surface area contributed by atoms with E-state index in [2.05, 4.69) is 66.1 Å². The van der Waals surface area contributed by atoms with E-state index in [1.807, 2.05) is 35.9 Å². The second kappa shape index (κ2) is 9.54. The highest BCUT2D eigenvalue weighted by Gasteiger charge is 2.31. The molecule has 4 rings (SSSR count). The molecule has 0 unspecified atom stereocenters. The molecule has 1 atom stereocenters. The van der Waals surface area contributed by atoms with Gasteiger partial charge in [0, 0.05) is 17.5 Å². The molecule has 34 heavy (non-hydrogen) atoms. The summed E-state index contributed by atoms with van der Waals surface area (Å²) in [6.45, 7) is 13.6. The second-order valence-corrected chi connectivity index (χ2v) is 9.64. The van der Waals surface area contributed by atoms with Crippen molar-refractivity contribution in [2.45, 2.75) is 79.1 Å². The summed E-state index contributed by atoms with van der Waals surface area (Å²) in [5.41, 5.74) is 3.50. The van der Waals surface area contributed by atoms with Crippen LogP contribution in [-0.2, 0) is 18.6 Å². The predicted octanol–water partition coefficient (Wildman–Crippen LogP) is 5.02. The van der Waals surface area contributed by atoms with E-state index in [9.17, 15) is 4.79 Å². The number of aromatic amines is 1. The Morgan fingerprint density at radius 2 is 1.91 bits per heavy atom. The summed E-state index contributed by atoms with van der Waals surface area (Å²) in [6, 6.07) is 9.90. The van der Waals surface area contributed by atoms with Gasteiger partial charge in [-0.15, -0.1) is 5.10 Å². The number of aryl methyl sites for hydroxylation is 2. The van der Waals surface area contributed by atoms with Crippen LogP contribution in [0, 0.1) is 13.8 Å². The molecular formula is C26H34N6O2. The van der Waals surface area contributed by atoms with Crippen LogP contribution < -0.4 is 5.56 Å². The number of aromatic nitrogens is 5. The van der Waals surface area contributed by atoms with E-state index in [1.54, 1.807) is 6.26 Å². The fourth-order valence-electron chi connectivity index (χ4n) is 4.42. The lowest BCUT2D eigenvalue weighted by atomic mass is 10.0. The van der Waals surface area contributed by atoms with Gasteiger partial charge in [-0.3, -0.25) is 9.69 Å². The Morgan fingerprint density at radius 3 is 2.59 bits per heavy atom. The van der Waals surface area contributed by atoms with Crippen LogP contribution in [0.3, 0.4) is 0 Å². The van der Waals surface area contributed by atoms with Gasteiger partial charge in [0.05, 0.1) is 29.9 Å². The predicted molar refractivity (Wildman–Crippen MR) is 132 cm³/mol. The molecule has 0 aliphatic heterocycles. The van der Waals surface area contributed by atoms with Gasteiger partial charge in [-0.05, 0) is 80.3 Å². The third-order valence-corrected chi connectivity index (χ3v) is 6.89. The number of hydrogen-bond donors (Lipinski definition) is 1. The van der Waals surface area contributed by atoms with Crippen molar-refractivity contribution in [1.29, 1.82) is 0 Å². The Balaban J connectivity index is 1.79. The lowest BCUT2D eigenvalue weighted by Gasteiger charge is -2.32. The molecule has 1 N–H and O–H groups in total. The van der Waals surface area contributed by atoms with Crippen molar-refractivity contribution in [3.05, 3.63) is 75.2 Å². The van der Waals surface area contributed by atoms with E-state index >= 15 is 0 Å². The molecular weight excluding hydrogens is 428 g/mol. The van der Waals surface area contributed by atoms with Gasteiger partial charge in [-0.2, -0.15) is 0 Å². The zero-order chi connectivity index (χ0) is 24.5. The van der Waals surface area contributed by atoms with Gasteiger partial charge >= 0.3 is 0 Å². The SMILES string of the molecule is CC[C@H](c1nnnn1C(C)(C)CC)N(Cc1ccco1)Cc1cc2c(C)ccc(C)c2[nH]c1=O. The van der Waals surface area contributed by atoms with Crippen molar-refractivity contribution < 1.29 is 4.42 Å². The van der Waals surface area contributed by atoms with E-state index in [0.29, 0.717) is 18.7 Å². The maximum atomic E-state index is 13.2. The second-order valence-electron chi connectivity index (χ2n) is 9.64. The quantitative estimate of drug-likeness (QED) is 0.375. The van der Waals surface area contributed by atoms with Gasteiger partial charge in [-0.25, -0.2) is 4.68 Å². The molecule has 0 radical (unpaired) electrons. The van der Waals surface area contributed by atoms with E-state index in [0.717, 1.165) is 46.5 Å². The summed E-state index contributed by atoms with van der Waals surface area (Å²) in [5, 5.41) is 13.9. The number of rotatable bonds is 9. The maximum absolute atomic E-state index is 13.2. The van der Waals surface area contributed by atoms with Crippen LogP contribution in [0.2, 0.25) is 0 Å². The first kappa shape index (κ1) is 23.9. The number of benzene rings is 1. The van der Waals surface area contributed by atoms with Crippen molar-refractivity contribution in [2.75, 3.05) is 0 Å². The zero-order valence-corrected chi connectivity index (χ0v) is 20.9. The third kappa shape index (κ3) is 4.55. The smallest absolute Gasteiger partial charge is 0.252 e. The number of nitrogens with zero attached hydrogens (tertiary/aromatic N) is 5. The number of pyridine rings is 1. The molecule has 0 aliphatic carbocycles. The average molecular weight is 463 g/mol. The Morgan fingerprint density at radius 1 is 1.15 bits per heavy atom. The molecule has 4 aromatic rings. The summed E-state index contributed by atoms with van der Waals surface area (Å²) in [4.78, 5) is 18.5. The first-order chi connectivity index (χ1) is 16.2. The molecule has 0 spiro atoms. The molecule has 0 fully saturated rings. The number of hydrogen-bond acceptors (Lipinski definition) is 6. The summed E-state index contributed by atoms with van der Waals surface area (Å²) in [5.74, 6) is 1.63. The minimum atomic E-state index is -0.225. The van der Waals surface area contributed by atoms with Crippen LogP contribution in [0.5, 0.6) is 0 Å². The standard InChI is InChI=1S/C26H34N6O2/c1-7-22(24-28-29-30-32(24)26(5,6)8-2)31(16-20-10-9-13-34-20)15-19-14-21-17(3)11-12-18(4)23(21)27-25(19)33/h9-14,22H,7-8,15-16H2,1-6H3,(H,27,33)/t22-/m1/s1. The summed E-state index contributed by atoms with van der Waals surface area (Å²) in [7, 11) is 0. The van der Waals surface area contributed by atoms with Crippen molar-refractivity contribution in [3.8, 4) is 0 Å². The van der Waals surface area contributed by atoms with Gasteiger partial charge in [0.15, 0.2) is 5.82 Å². The Bertz CT molecular complexity index is 1320. The average Bonchev–Trinajstić information content (AvgIpc) is 3.50. The number of fused-ring (bicyclic) bond motifs is 1. The number of nitrogens with one attached hydrogen (secondary N) is 1. The van der Waals surface area contributed by atoms with Crippen molar-refractivity contribution in [3.63, 3.8) is 0 Å². The molecule has 0 saturated heterocycles. The summed E-state index contributed by atoms with van der Waals surface area (Å²) < 4.78 is 7.61. The molecule has 3 heterocycles. The number of tetrazole rings is 1. The van der Waals surface area contributed by atoms with Crippen LogP contribution in [0.4, 0.5) is 0 Å². The van der Waals surface area contributed by atoms with Gasteiger partial charge < -0.3 is 9.40 Å². The molecule has 3 aromatic heterocycles. The minimum Gasteiger partial charge on any atom is -0.468 e. The topological polar surface area (TPSA) is 92.8 Å².